The summed E-state index contributed by atoms with van der Waals surface area (Å²) in [6.45, 7) is 1.81. The van der Waals surface area contributed by atoms with Crippen LogP contribution in [0.25, 0.3) is 0 Å². The Morgan fingerprint density at radius 1 is 1.19 bits per heavy atom. The number of benzene rings is 1. The molecule has 0 spiro atoms. The maximum absolute atomic E-state index is 11.9. The van der Waals surface area contributed by atoms with E-state index in [2.05, 4.69) is 4.89 Å². The Morgan fingerprint density at radius 2 is 1.71 bits per heavy atom. The molecule has 0 fully saturated rings. The minimum Gasteiger partial charge on any atom is -0.368 e. The minimum atomic E-state index is -2.45. The van der Waals surface area contributed by atoms with Crippen LogP contribution >= 0.6 is 0 Å². The molecule has 1 aromatic rings. The second-order valence-corrected chi connectivity index (χ2v) is 4.67. The summed E-state index contributed by atoms with van der Waals surface area (Å²) in [5.41, 5.74) is 8.61. The largest absolute Gasteiger partial charge is 0.368 e. The summed E-state index contributed by atoms with van der Waals surface area (Å²) in [7, 11) is 0. The molecule has 0 bridgehead atoms. The van der Waals surface area contributed by atoms with E-state index in [-0.39, 0.29) is 6.42 Å². The van der Waals surface area contributed by atoms with Gasteiger partial charge in [-0.15, -0.1) is 0 Å². The minimum absolute atomic E-state index is 0.283. The van der Waals surface area contributed by atoms with Crippen LogP contribution in [-0.2, 0) is 19.3 Å². The summed E-state index contributed by atoms with van der Waals surface area (Å²) >= 11 is 0. The molecule has 2 amide bonds. The molecule has 0 saturated heterocycles. The maximum Gasteiger partial charge on any atom is 0.367 e. The van der Waals surface area contributed by atoms with Gasteiger partial charge in [0.15, 0.2) is 0 Å². The number of amides is 2. The monoisotopic (exact) mass is 294 g/mol. The molecular weight excluding hydrogens is 276 g/mol. The van der Waals surface area contributed by atoms with Gasteiger partial charge in [-0.3, -0.25) is 14.5 Å². The van der Waals surface area contributed by atoms with Gasteiger partial charge in [0.25, 0.3) is 0 Å². The van der Waals surface area contributed by atoms with Gasteiger partial charge in [0.05, 0.1) is 0 Å². The quantitative estimate of drug-likeness (QED) is 0.383. The van der Waals surface area contributed by atoms with E-state index in [1.54, 1.807) is 30.3 Å². The number of hydrogen-bond acceptors (Lipinski definition) is 5. The number of carbonyl (C=O) groups is 3. The Hall–Kier alpha value is -2.41. The average molecular weight is 294 g/mol. The summed E-state index contributed by atoms with van der Waals surface area (Å²) in [6.07, 6.45) is 0.839. The van der Waals surface area contributed by atoms with Gasteiger partial charge in [0.2, 0.25) is 17.2 Å². The van der Waals surface area contributed by atoms with Crippen molar-refractivity contribution in [2.75, 3.05) is 0 Å². The molecule has 1 rings (SSSR count). The first kappa shape index (κ1) is 16.6. The maximum atomic E-state index is 11.9. The van der Waals surface area contributed by atoms with Crippen LogP contribution in [0, 0.1) is 5.41 Å². The smallest absolute Gasteiger partial charge is 0.367 e. The lowest BCUT2D eigenvalue weighted by Crippen LogP contribution is -2.57. The molecule has 0 aliphatic rings. The van der Waals surface area contributed by atoms with Gasteiger partial charge in [-0.05, 0) is 12.0 Å². The van der Waals surface area contributed by atoms with E-state index in [0.717, 1.165) is 0 Å². The van der Waals surface area contributed by atoms with Crippen molar-refractivity contribution in [3.63, 3.8) is 0 Å². The van der Waals surface area contributed by atoms with Crippen LogP contribution in [0.5, 0.6) is 0 Å². The SMILES string of the molecule is CCCC(c1ccccc1)C(C(N)=O)(C(N)=O)C(=O)OO. The summed E-state index contributed by atoms with van der Waals surface area (Å²) in [5, 5.41) is 8.67. The van der Waals surface area contributed by atoms with Crippen LogP contribution in [0.15, 0.2) is 30.3 Å². The van der Waals surface area contributed by atoms with Crippen molar-refractivity contribution < 1.29 is 24.5 Å². The molecule has 1 atom stereocenters. The van der Waals surface area contributed by atoms with Crippen LogP contribution in [0.4, 0.5) is 0 Å². The van der Waals surface area contributed by atoms with Gasteiger partial charge >= 0.3 is 5.97 Å². The third-order valence-corrected chi connectivity index (χ3v) is 3.48. The third kappa shape index (κ3) is 2.87. The molecule has 114 valence electrons. The zero-order valence-electron chi connectivity index (χ0n) is 11.6. The zero-order valence-corrected chi connectivity index (χ0v) is 11.6. The van der Waals surface area contributed by atoms with E-state index in [4.69, 9.17) is 16.7 Å². The Kier molecular flexibility index (Phi) is 5.43. The fourth-order valence-electron chi connectivity index (χ4n) is 2.49. The van der Waals surface area contributed by atoms with Crippen molar-refractivity contribution in [2.45, 2.75) is 25.7 Å². The number of nitrogens with two attached hydrogens (primary N) is 2. The molecule has 0 aliphatic heterocycles. The predicted molar refractivity (Wildman–Crippen MR) is 73.6 cm³/mol. The van der Waals surface area contributed by atoms with Crippen molar-refractivity contribution in [1.82, 2.24) is 0 Å². The molecule has 21 heavy (non-hydrogen) atoms. The van der Waals surface area contributed by atoms with Crippen molar-refractivity contribution >= 4 is 17.8 Å². The van der Waals surface area contributed by atoms with Crippen LogP contribution in [0.1, 0.15) is 31.2 Å². The Labute approximate surface area is 121 Å². The molecule has 5 N–H and O–H groups in total. The lowest BCUT2D eigenvalue weighted by Gasteiger charge is -2.32. The van der Waals surface area contributed by atoms with Crippen molar-refractivity contribution in [1.29, 1.82) is 0 Å². The highest BCUT2D eigenvalue weighted by atomic mass is 17.1. The van der Waals surface area contributed by atoms with Gasteiger partial charge in [0.1, 0.15) is 0 Å². The van der Waals surface area contributed by atoms with Crippen LogP contribution in [0.2, 0.25) is 0 Å². The molecule has 7 nitrogen and oxygen atoms in total. The first-order valence-corrected chi connectivity index (χ1v) is 6.43. The van der Waals surface area contributed by atoms with Crippen LogP contribution in [0.3, 0.4) is 0 Å². The average Bonchev–Trinajstić information content (AvgIpc) is 2.46. The molecule has 1 aromatic carbocycles. The van der Waals surface area contributed by atoms with E-state index in [1.165, 1.54) is 0 Å². The first-order chi connectivity index (χ1) is 9.92. The summed E-state index contributed by atoms with van der Waals surface area (Å²) in [6, 6.07) is 8.41. The van der Waals surface area contributed by atoms with Crippen molar-refractivity contribution in [3.8, 4) is 0 Å². The van der Waals surface area contributed by atoms with Gasteiger partial charge in [-0.25, -0.2) is 4.79 Å². The zero-order chi connectivity index (χ0) is 16.0. The summed E-state index contributed by atoms with van der Waals surface area (Å²) in [4.78, 5) is 39.3. The Bertz CT molecular complexity index is 515. The fourth-order valence-corrected chi connectivity index (χ4v) is 2.49. The first-order valence-electron chi connectivity index (χ1n) is 6.43. The topological polar surface area (TPSA) is 133 Å². The summed E-state index contributed by atoms with van der Waals surface area (Å²) < 4.78 is 0. The van der Waals surface area contributed by atoms with Crippen LogP contribution in [-0.4, -0.2) is 23.0 Å². The molecular formula is C14H18N2O5. The number of rotatable bonds is 7. The fraction of sp³-hybridized carbons (Fsp3) is 0.357. The van der Waals surface area contributed by atoms with E-state index in [0.29, 0.717) is 12.0 Å². The second-order valence-electron chi connectivity index (χ2n) is 4.67. The van der Waals surface area contributed by atoms with Crippen molar-refractivity contribution in [3.05, 3.63) is 35.9 Å². The lowest BCUT2D eigenvalue weighted by atomic mass is 9.68. The highest BCUT2D eigenvalue weighted by molar-refractivity contribution is 6.21. The van der Waals surface area contributed by atoms with Crippen LogP contribution < -0.4 is 11.5 Å². The van der Waals surface area contributed by atoms with Crippen molar-refractivity contribution in [2.24, 2.45) is 16.9 Å². The predicted octanol–water partition coefficient (Wildman–Crippen LogP) is 0.544. The highest BCUT2D eigenvalue weighted by Gasteiger charge is 2.58. The Balaban J connectivity index is 3.55. The molecule has 7 heteroatoms. The molecule has 0 radical (unpaired) electrons. The van der Waals surface area contributed by atoms with E-state index in [9.17, 15) is 14.4 Å². The van der Waals surface area contributed by atoms with E-state index < -0.39 is 29.1 Å². The molecule has 0 aliphatic carbocycles. The van der Waals surface area contributed by atoms with Gasteiger partial charge in [0, 0.05) is 5.92 Å². The highest BCUT2D eigenvalue weighted by Crippen LogP contribution is 2.40. The van der Waals surface area contributed by atoms with Gasteiger partial charge in [-0.1, -0.05) is 43.7 Å². The normalized spacial score (nSPS) is 12.5. The van der Waals surface area contributed by atoms with E-state index in [1.807, 2.05) is 6.92 Å². The third-order valence-electron chi connectivity index (χ3n) is 3.48. The lowest BCUT2D eigenvalue weighted by molar-refractivity contribution is -0.244. The number of carbonyl (C=O) groups excluding carboxylic acids is 3. The van der Waals surface area contributed by atoms with Gasteiger partial charge < -0.3 is 11.5 Å². The van der Waals surface area contributed by atoms with Gasteiger partial charge in [-0.2, -0.15) is 5.26 Å². The Morgan fingerprint density at radius 3 is 2.10 bits per heavy atom. The molecule has 1 unspecified atom stereocenters. The number of hydrogen-bond donors (Lipinski definition) is 3. The summed E-state index contributed by atoms with van der Waals surface area (Å²) in [5.74, 6) is -4.89. The molecule has 0 heterocycles. The molecule has 0 saturated carbocycles. The standard InChI is InChI=1S/C14H18N2O5/c1-2-6-10(9-7-4-3-5-8-9)14(11(15)17,12(16)18)13(19)21-20/h3-5,7-8,10,20H,2,6H2,1H3,(H2,15,17)(H2,16,18). The second kappa shape index (κ2) is 6.85. The number of primary amides is 2. The molecule has 0 aromatic heterocycles. The van der Waals surface area contributed by atoms with E-state index >= 15 is 0 Å².